The molecule has 0 fully saturated rings. The van der Waals surface area contributed by atoms with Crippen LogP contribution in [0.25, 0.3) is 0 Å². The Labute approximate surface area is 223 Å². The third kappa shape index (κ3) is 7.11. The van der Waals surface area contributed by atoms with Gasteiger partial charge in [0.1, 0.15) is 0 Å². The molecule has 1 heteroatoms. The maximum atomic E-state index is 6.11. The Bertz CT molecular complexity index is 1160. The first-order chi connectivity index (χ1) is 17.5. The van der Waals surface area contributed by atoms with Gasteiger partial charge in [0.25, 0.3) is 0 Å². The summed E-state index contributed by atoms with van der Waals surface area (Å²) in [6.07, 6.45) is 3.41. The number of halogens is 1. The molecule has 0 aromatic heterocycles. The van der Waals surface area contributed by atoms with Crippen LogP contribution in [0, 0.1) is 6.92 Å². The summed E-state index contributed by atoms with van der Waals surface area (Å²) in [5, 5.41) is 0. The van der Waals surface area contributed by atoms with Gasteiger partial charge in [0.15, 0.2) is 0 Å². The Hall–Kier alpha value is -2.83. The molecule has 36 heavy (non-hydrogen) atoms. The van der Waals surface area contributed by atoms with Gasteiger partial charge in [0.2, 0.25) is 0 Å². The highest BCUT2D eigenvalue weighted by atomic mass is 35.5. The summed E-state index contributed by atoms with van der Waals surface area (Å²) in [6.45, 7) is 6.93. The van der Waals surface area contributed by atoms with Crippen LogP contribution in [-0.2, 0) is 5.88 Å². The predicted molar refractivity (Wildman–Crippen MR) is 156 cm³/mol. The Morgan fingerprint density at radius 3 is 1.42 bits per heavy atom. The van der Waals surface area contributed by atoms with E-state index in [-0.39, 0.29) is 0 Å². The topological polar surface area (TPSA) is 0 Å². The first-order valence-electron chi connectivity index (χ1n) is 13.3. The summed E-state index contributed by atoms with van der Waals surface area (Å²) < 4.78 is 0. The number of hydrogen-bond donors (Lipinski definition) is 0. The zero-order valence-corrected chi connectivity index (χ0v) is 22.7. The van der Waals surface area contributed by atoms with Gasteiger partial charge in [-0.25, -0.2) is 0 Å². The number of rotatable bonds is 11. The van der Waals surface area contributed by atoms with Gasteiger partial charge in [-0.2, -0.15) is 0 Å². The van der Waals surface area contributed by atoms with Crippen molar-refractivity contribution in [3.63, 3.8) is 0 Å². The van der Waals surface area contributed by atoms with Crippen LogP contribution in [0.5, 0.6) is 0 Å². The Morgan fingerprint density at radius 1 is 0.500 bits per heavy atom. The van der Waals surface area contributed by atoms with Gasteiger partial charge >= 0.3 is 0 Å². The van der Waals surface area contributed by atoms with Crippen molar-refractivity contribution >= 4 is 11.6 Å². The fourth-order valence-corrected chi connectivity index (χ4v) is 5.66. The molecule has 4 rings (SSSR count). The molecule has 4 aromatic carbocycles. The molecule has 0 bridgehead atoms. The third-order valence-electron chi connectivity index (χ3n) is 7.74. The fourth-order valence-electron chi connectivity index (χ4n) is 5.49. The van der Waals surface area contributed by atoms with E-state index in [0.29, 0.717) is 29.6 Å². The van der Waals surface area contributed by atoms with E-state index in [4.69, 9.17) is 11.6 Å². The quantitative estimate of drug-likeness (QED) is 0.182. The van der Waals surface area contributed by atoms with Gasteiger partial charge in [0.05, 0.1) is 0 Å². The molecule has 0 saturated carbocycles. The second-order valence-electron chi connectivity index (χ2n) is 10.5. The van der Waals surface area contributed by atoms with Gasteiger partial charge in [-0.15, -0.1) is 11.6 Å². The molecule has 0 heterocycles. The van der Waals surface area contributed by atoms with Crippen molar-refractivity contribution < 1.29 is 0 Å². The zero-order valence-electron chi connectivity index (χ0n) is 21.9. The molecular weight excluding hydrogens is 456 g/mol. The summed E-state index contributed by atoms with van der Waals surface area (Å²) in [4.78, 5) is 0. The molecule has 0 spiro atoms. The van der Waals surface area contributed by atoms with E-state index < -0.39 is 0 Å². The number of aryl methyl sites for hydroxylation is 1. The summed E-state index contributed by atoms with van der Waals surface area (Å²) >= 11 is 6.11. The van der Waals surface area contributed by atoms with Crippen molar-refractivity contribution in [3.8, 4) is 0 Å². The molecule has 186 valence electrons. The van der Waals surface area contributed by atoms with Crippen molar-refractivity contribution in [1.82, 2.24) is 0 Å². The van der Waals surface area contributed by atoms with E-state index in [2.05, 4.69) is 130 Å². The first kappa shape index (κ1) is 26.2. The molecule has 0 N–H and O–H groups in total. The first-order valence-corrected chi connectivity index (χ1v) is 13.9. The van der Waals surface area contributed by atoms with E-state index in [1.807, 2.05) is 0 Å². The second-order valence-corrected chi connectivity index (χ2v) is 10.8. The van der Waals surface area contributed by atoms with Gasteiger partial charge < -0.3 is 0 Å². The third-order valence-corrected chi connectivity index (χ3v) is 8.05. The Morgan fingerprint density at radius 2 is 0.917 bits per heavy atom. The number of benzene rings is 4. The molecule has 0 radical (unpaired) electrons. The van der Waals surface area contributed by atoms with Crippen molar-refractivity contribution in [2.75, 3.05) is 0 Å². The standard InChI is InChI=1S/C35H39Cl/c1-26-14-18-31(19-15-26)28(3)23-34(32-12-8-5-9-13-32)24-35(33-20-16-29(25-36)17-21-33)22-27(2)30-10-6-4-7-11-30/h4-21,27-28,34-35H,22-25H2,1-3H3. The lowest BCUT2D eigenvalue weighted by molar-refractivity contribution is 0.440. The van der Waals surface area contributed by atoms with Crippen molar-refractivity contribution in [1.29, 1.82) is 0 Å². The van der Waals surface area contributed by atoms with Crippen LogP contribution < -0.4 is 0 Å². The van der Waals surface area contributed by atoms with Crippen LogP contribution >= 0.6 is 11.6 Å². The lowest BCUT2D eigenvalue weighted by Gasteiger charge is -2.29. The molecule has 4 atom stereocenters. The highest BCUT2D eigenvalue weighted by molar-refractivity contribution is 6.17. The summed E-state index contributed by atoms with van der Waals surface area (Å²) in [5.41, 5.74) is 8.23. The highest BCUT2D eigenvalue weighted by Crippen LogP contribution is 2.41. The summed E-state index contributed by atoms with van der Waals surface area (Å²) in [6, 6.07) is 40.2. The van der Waals surface area contributed by atoms with Crippen molar-refractivity contribution in [3.05, 3.63) is 143 Å². The van der Waals surface area contributed by atoms with E-state index in [0.717, 1.165) is 19.3 Å². The van der Waals surface area contributed by atoms with Gasteiger partial charge in [-0.1, -0.05) is 129 Å². The smallest absolute Gasteiger partial charge is 0.0474 e. The minimum absolute atomic E-state index is 0.472. The average Bonchev–Trinajstić information content (AvgIpc) is 2.93. The molecule has 0 nitrogen and oxygen atoms in total. The maximum Gasteiger partial charge on any atom is 0.0474 e. The predicted octanol–water partition coefficient (Wildman–Crippen LogP) is 10.4. The minimum atomic E-state index is 0.472. The van der Waals surface area contributed by atoms with Gasteiger partial charge in [-0.3, -0.25) is 0 Å². The molecule has 0 aliphatic heterocycles. The minimum Gasteiger partial charge on any atom is -0.122 e. The average molecular weight is 495 g/mol. The molecule has 4 unspecified atom stereocenters. The Kier molecular flexibility index (Phi) is 9.42. The van der Waals surface area contributed by atoms with Crippen LogP contribution in [0.15, 0.2) is 109 Å². The highest BCUT2D eigenvalue weighted by Gasteiger charge is 2.24. The maximum absolute atomic E-state index is 6.11. The van der Waals surface area contributed by atoms with Crippen LogP contribution in [-0.4, -0.2) is 0 Å². The summed E-state index contributed by atoms with van der Waals surface area (Å²) in [5.74, 6) is 2.52. The van der Waals surface area contributed by atoms with Crippen LogP contribution in [0.3, 0.4) is 0 Å². The van der Waals surface area contributed by atoms with Crippen LogP contribution in [0.1, 0.15) is 90.2 Å². The molecular formula is C35H39Cl. The lowest BCUT2D eigenvalue weighted by atomic mass is 9.76. The number of hydrogen-bond acceptors (Lipinski definition) is 0. The molecule has 0 aliphatic rings. The van der Waals surface area contributed by atoms with E-state index >= 15 is 0 Å². The molecule has 0 amide bonds. The van der Waals surface area contributed by atoms with Gasteiger partial charge in [0, 0.05) is 5.88 Å². The van der Waals surface area contributed by atoms with Crippen LogP contribution in [0.4, 0.5) is 0 Å². The molecule has 4 aromatic rings. The van der Waals surface area contributed by atoms with Gasteiger partial charge in [-0.05, 0) is 77.7 Å². The normalized spacial score (nSPS) is 14.7. The van der Waals surface area contributed by atoms with E-state index in [1.165, 1.54) is 33.4 Å². The zero-order chi connectivity index (χ0) is 25.3. The monoisotopic (exact) mass is 494 g/mol. The number of alkyl halides is 1. The summed E-state index contributed by atoms with van der Waals surface area (Å²) in [7, 11) is 0. The van der Waals surface area contributed by atoms with Crippen LogP contribution in [0.2, 0.25) is 0 Å². The fraction of sp³-hybridized carbons (Fsp3) is 0.314. The Balaban J connectivity index is 1.63. The molecule has 0 saturated heterocycles. The molecule has 0 aliphatic carbocycles. The van der Waals surface area contributed by atoms with E-state index in [1.54, 1.807) is 0 Å². The SMILES string of the molecule is Cc1ccc(C(C)CC(CC(CC(C)c2ccccc2)c2ccc(CCl)cc2)c2ccccc2)cc1. The van der Waals surface area contributed by atoms with Crippen molar-refractivity contribution in [2.45, 2.75) is 69.6 Å². The van der Waals surface area contributed by atoms with E-state index in [9.17, 15) is 0 Å². The van der Waals surface area contributed by atoms with Crippen molar-refractivity contribution in [2.24, 2.45) is 0 Å². The lowest BCUT2D eigenvalue weighted by Crippen LogP contribution is -2.12. The second kappa shape index (κ2) is 12.9. The largest absolute Gasteiger partial charge is 0.122 e.